The van der Waals surface area contributed by atoms with Crippen molar-refractivity contribution in [2.45, 2.75) is 23.7 Å². The van der Waals surface area contributed by atoms with Crippen molar-refractivity contribution in [2.24, 2.45) is 4.99 Å². The number of aliphatic hydroxyl groups excluding tert-OH is 1. The molecule has 0 saturated heterocycles. The van der Waals surface area contributed by atoms with E-state index in [1.807, 2.05) is 25.1 Å². The van der Waals surface area contributed by atoms with Gasteiger partial charge in [0.2, 0.25) is 0 Å². The summed E-state index contributed by atoms with van der Waals surface area (Å²) in [5.74, 6) is 1.42. The van der Waals surface area contributed by atoms with Gasteiger partial charge in [0.05, 0.1) is 31.6 Å². The number of benzene rings is 1. The van der Waals surface area contributed by atoms with E-state index in [9.17, 15) is 13.5 Å². The van der Waals surface area contributed by atoms with E-state index < -0.39 is 15.9 Å². The van der Waals surface area contributed by atoms with Crippen LogP contribution in [-0.4, -0.2) is 57.6 Å². The van der Waals surface area contributed by atoms with Gasteiger partial charge in [-0.1, -0.05) is 6.07 Å². The molecule has 0 radical (unpaired) electrons. The molecular weight excluding hydrogens is 414 g/mol. The lowest BCUT2D eigenvalue weighted by Crippen LogP contribution is -2.32. The van der Waals surface area contributed by atoms with Crippen molar-refractivity contribution in [3.8, 4) is 11.5 Å². The molecule has 0 amide bonds. The van der Waals surface area contributed by atoms with E-state index in [4.69, 9.17) is 9.47 Å². The second kappa shape index (κ2) is 9.95. The van der Waals surface area contributed by atoms with Crippen LogP contribution in [0.2, 0.25) is 0 Å². The first kappa shape index (κ1) is 21.4. The molecule has 8 nitrogen and oxygen atoms in total. The molecule has 29 heavy (non-hydrogen) atoms. The predicted molar refractivity (Wildman–Crippen MR) is 114 cm³/mol. The number of fused-ring (bicyclic) bond motifs is 1. The number of thiophene rings is 1. The zero-order valence-corrected chi connectivity index (χ0v) is 17.8. The average molecular weight is 440 g/mol. The van der Waals surface area contributed by atoms with Crippen molar-refractivity contribution in [2.75, 3.05) is 37.4 Å². The van der Waals surface area contributed by atoms with Crippen LogP contribution in [-0.2, 0) is 9.84 Å². The highest BCUT2D eigenvalue weighted by Gasteiger charge is 2.20. The topological polar surface area (TPSA) is 109 Å². The fourth-order valence-electron chi connectivity index (χ4n) is 2.71. The number of nitrogens with one attached hydrogen (secondary N) is 2. The molecular formula is C19H25N3O5S2. The number of anilines is 1. The third-order valence-corrected chi connectivity index (χ3v) is 7.31. The average Bonchev–Trinajstić information content (AvgIpc) is 3.14. The third-order valence-electron chi connectivity index (χ3n) is 4.03. The molecule has 1 aliphatic heterocycles. The van der Waals surface area contributed by atoms with E-state index >= 15 is 0 Å². The summed E-state index contributed by atoms with van der Waals surface area (Å²) in [6, 6.07) is 8.70. The predicted octanol–water partition coefficient (Wildman–Crippen LogP) is 2.12. The second-order valence-corrected chi connectivity index (χ2v) is 9.63. The molecule has 1 unspecified atom stereocenters. The quantitative estimate of drug-likeness (QED) is 0.448. The highest BCUT2D eigenvalue weighted by molar-refractivity contribution is 7.93. The Kier molecular flexibility index (Phi) is 7.34. The molecule has 2 aromatic rings. The van der Waals surface area contributed by atoms with E-state index in [1.165, 1.54) is 6.07 Å². The van der Waals surface area contributed by atoms with Crippen LogP contribution < -0.4 is 20.1 Å². The smallest absolute Gasteiger partial charge is 0.195 e. The van der Waals surface area contributed by atoms with Crippen molar-refractivity contribution in [1.29, 1.82) is 0 Å². The number of hydrogen-bond donors (Lipinski definition) is 3. The number of hydrogen-bond acceptors (Lipinski definition) is 7. The molecule has 0 bridgehead atoms. The number of aliphatic imine (C=N–C) groups is 1. The summed E-state index contributed by atoms with van der Waals surface area (Å²) in [6.07, 6.45) is -0.283. The van der Waals surface area contributed by atoms with Gasteiger partial charge in [0.25, 0.3) is 0 Å². The maximum Gasteiger partial charge on any atom is 0.195 e. The molecule has 0 aliphatic carbocycles. The van der Waals surface area contributed by atoms with Crippen LogP contribution in [0.4, 0.5) is 5.69 Å². The lowest BCUT2D eigenvalue weighted by atomic mass is 10.3. The van der Waals surface area contributed by atoms with Crippen molar-refractivity contribution in [1.82, 2.24) is 5.32 Å². The summed E-state index contributed by atoms with van der Waals surface area (Å²) in [6.45, 7) is 3.69. The molecule has 1 aromatic carbocycles. The van der Waals surface area contributed by atoms with Crippen LogP contribution in [0.15, 0.2) is 44.9 Å². The number of nitrogens with zero attached hydrogens (tertiary/aromatic N) is 1. The molecule has 1 aromatic heterocycles. The summed E-state index contributed by atoms with van der Waals surface area (Å²) in [5, 5.41) is 18.1. The van der Waals surface area contributed by atoms with Crippen LogP contribution in [0.3, 0.4) is 0 Å². The number of rotatable bonds is 7. The van der Waals surface area contributed by atoms with Crippen LogP contribution in [0.1, 0.15) is 13.3 Å². The lowest BCUT2D eigenvalue weighted by molar-refractivity contribution is 0.206. The lowest BCUT2D eigenvalue weighted by Gasteiger charge is -2.14. The monoisotopic (exact) mass is 439 g/mol. The first-order chi connectivity index (χ1) is 14.0. The normalized spacial score (nSPS) is 15.4. The van der Waals surface area contributed by atoms with Crippen LogP contribution in [0, 0.1) is 0 Å². The summed E-state index contributed by atoms with van der Waals surface area (Å²) in [4.78, 5) is 4.32. The Morgan fingerprint density at radius 2 is 2.07 bits per heavy atom. The Labute approximate surface area is 174 Å². The molecule has 0 fully saturated rings. The largest absolute Gasteiger partial charge is 0.490 e. The molecule has 0 saturated carbocycles. The minimum absolute atomic E-state index is 0.0511. The standard InChI is InChI=1S/C19H25N3O5S2/c1-2-20-19(21-12-15(23)13-29(24,25)18-5-3-10-28-18)22-14-6-7-16-17(11-14)27-9-4-8-26-16/h3,5-7,10-11,15,23H,2,4,8-9,12-13H2,1H3,(H2,20,21,22). The first-order valence-electron chi connectivity index (χ1n) is 9.37. The summed E-state index contributed by atoms with van der Waals surface area (Å²) < 4.78 is 36.1. The fourth-order valence-corrected chi connectivity index (χ4v) is 5.18. The molecule has 158 valence electrons. The fraction of sp³-hybridized carbons (Fsp3) is 0.421. The number of sulfone groups is 1. The Morgan fingerprint density at radius 3 is 2.79 bits per heavy atom. The van der Waals surface area contributed by atoms with Gasteiger partial charge in [-0.2, -0.15) is 0 Å². The molecule has 1 atom stereocenters. The summed E-state index contributed by atoms with van der Waals surface area (Å²) in [7, 11) is -3.52. The number of ether oxygens (including phenoxy) is 2. The van der Waals surface area contributed by atoms with Crippen LogP contribution in [0.5, 0.6) is 11.5 Å². The van der Waals surface area contributed by atoms with Crippen molar-refractivity contribution in [3.63, 3.8) is 0 Å². The second-order valence-electron chi connectivity index (χ2n) is 6.42. The van der Waals surface area contributed by atoms with Crippen LogP contribution >= 0.6 is 11.3 Å². The molecule has 1 aliphatic rings. The Morgan fingerprint density at radius 1 is 1.28 bits per heavy atom. The molecule has 0 spiro atoms. The van der Waals surface area contributed by atoms with Gasteiger partial charge in [-0.25, -0.2) is 8.42 Å². The minimum atomic E-state index is -3.52. The van der Waals surface area contributed by atoms with Gasteiger partial charge in [-0.15, -0.1) is 11.3 Å². The first-order valence-corrected chi connectivity index (χ1v) is 11.9. The van der Waals surface area contributed by atoms with Crippen LogP contribution in [0.25, 0.3) is 0 Å². The van der Waals surface area contributed by atoms with Gasteiger partial charge in [0.1, 0.15) is 4.21 Å². The van der Waals surface area contributed by atoms with Crippen molar-refractivity contribution < 1.29 is 23.0 Å². The van der Waals surface area contributed by atoms with Gasteiger partial charge in [0.15, 0.2) is 27.3 Å². The maximum absolute atomic E-state index is 12.3. The van der Waals surface area contributed by atoms with E-state index in [-0.39, 0.29) is 16.5 Å². The summed E-state index contributed by atoms with van der Waals surface area (Å²) in [5.41, 5.74) is 0.745. The zero-order chi connectivity index (χ0) is 20.7. The highest BCUT2D eigenvalue weighted by atomic mass is 32.2. The minimum Gasteiger partial charge on any atom is -0.490 e. The van der Waals surface area contributed by atoms with Gasteiger partial charge in [0, 0.05) is 24.7 Å². The molecule has 3 N–H and O–H groups in total. The molecule has 10 heteroatoms. The maximum atomic E-state index is 12.3. The molecule has 3 rings (SSSR count). The highest BCUT2D eigenvalue weighted by Crippen LogP contribution is 2.32. The van der Waals surface area contributed by atoms with Gasteiger partial charge in [-0.3, -0.25) is 4.99 Å². The Hall–Kier alpha value is -2.30. The SMILES string of the molecule is CCNC(=NCC(O)CS(=O)(=O)c1cccs1)Nc1ccc2c(c1)OCCCO2. The van der Waals surface area contributed by atoms with Gasteiger partial charge in [-0.05, 0) is 30.5 Å². The van der Waals surface area contributed by atoms with Gasteiger partial charge < -0.3 is 25.2 Å². The third kappa shape index (κ3) is 6.09. The van der Waals surface area contributed by atoms with E-state index in [1.54, 1.807) is 11.4 Å². The zero-order valence-electron chi connectivity index (χ0n) is 16.1. The Balaban J connectivity index is 1.64. The number of aliphatic hydroxyl groups is 1. The summed E-state index contributed by atoms with van der Waals surface area (Å²) >= 11 is 1.14. The number of guanidine groups is 1. The van der Waals surface area contributed by atoms with Crippen molar-refractivity contribution >= 4 is 32.8 Å². The van der Waals surface area contributed by atoms with Gasteiger partial charge >= 0.3 is 0 Å². The van der Waals surface area contributed by atoms with E-state index in [2.05, 4.69) is 15.6 Å². The van der Waals surface area contributed by atoms with Crippen molar-refractivity contribution in [3.05, 3.63) is 35.7 Å². The molecule has 2 heterocycles. The van der Waals surface area contributed by atoms with E-state index in [0.717, 1.165) is 23.4 Å². The Bertz CT molecular complexity index is 929. The van der Waals surface area contributed by atoms with E-state index in [0.29, 0.717) is 37.2 Å².